The summed E-state index contributed by atoms with van der Waals surface area (Å²) >= 11 is 0. The molecule has 3 nitrogen and oxygen atoms in total. The van der Waals surface area contributed by atoms with E-state index in [2.05, 4.69) is 43.6 Å². The Hall–Kier alpha value is -0.930. The summed E-state index contributed by atoms with van der Waals surface area (Å²) in [6, 6.07) is 2.92. The second-order valence-electron chi connectivity index (χ2n) is 5.33. The van der Waals surface area contributed by atoms with Crippen LogP contribution >= 0.6 is 0 Å². The quantitative estimate of drug-likeness (QED) is 0.782. The fourth-order valence-electron chi connectivity index (χ4n) is 2.52. The number of nitrogens with zero attached hydrogens (tertiary/aromatic N) is 2. The Morgan fingerprint density at radius 2 is 2.11 bits per heavy atom. The highest BCUT2D eigenvalue weighted by molar-refractivity contribution is 5.25. The lowest BCUT2D eigenvalue weighted by molar-refractivity contribution is 0.140. The van der Waals surface area contributed by atoms with Crippen LogP contribution in [-0.4, -0.2) is 29.0 Å². The monoisotopic (exact) mass is 263 g/mol. The molecule has 0 saturated carbocycles. The first kappa shape index (κ1) is 16.1. The first-order valence-electron chi connectivity index (χ1n) is 7.51. The SMILES string of the molecule is CCCCN(C(C)CC)C(CN)c1cnccc1C. The average molecular weight is 263 g/mol. The molecule has 3 heteroatoms. The lowest BCUT2D eigenvalue weighted by atomic mass is 10.00. The molecule has 1 heterocycles. The molecule has 19 heavy (non-hydrogen) atoms. The summed E-state index contributed by atoms with van der Waals surface area (Å²) in [5.41, 5.74) is 8.64. The summed E-state index contributed by atoms with van der Waals surface area (Å²) in [4.78, 5) is 6.83. The highest BCUT2D eigenvalue weighted by Gasteiger charge is 2.23. The van der Waals surface area contributed by atoms with E-state index in [0.717, 1.165) is 13.0 Å². The highest BCUT2D eigenvalue weighted by Crippen LogP contribution is 2.25. The maximum atomic E-state index is 6.07. The van der Waals surface area contributed by atoms with Crippen molar-refractivity contribution in [3.63, 3.8) is 0 Å². The first-order valence-corrected chi connectivity index (χ1v) is 7.51. The van der Waals surface area contributed by atoms with Gasteiger partial charge in [-0.3, -0.25) is 9.88 Å². The maximum absolute atomic E-state index is 6.07. The fourth-order valence-corrected chi connectivity index (χ4v) is 2.52. The second kappa shape index (κ2) is 8.28. The molecule has 0 spiro atoms. The zero-order chi connectivity index (χ0) is 14.3. The zero-order valence-electron chi connectivity index (χ0n) is 12.9. The number of hydrogen-bond donors (Lipinski definition) is 1. The van der Waals surface area contributed by atoms with Crippen LogP contribution in [-0.2, 0) is 0 Å². The third-order valence-corrected chi connectivity index (χ3v) is 3.99. The molecular formula is C16H29N3. The van der Waals surface area contributed by atoms with Gasteiger partial charge in [0.05, 0.1) is 0 Å². The Kier molecular flexibility index (Phi) is 7.03. The number of unbranched alkanes of at least 4 members (excludes halogenated alkanes) is 1. The number of rotatable bonds is 8. The molecule has 0 amide bonds. The van der Waals surface area contributed by atoms with Crippen molar-refractivity contribution in [2.75, 3.05) is 13.1 Å². The maximum Gasteiger partial charge on any atom is 0.0491 e. The van der Waals surface area contributed by atoms with E-state index in [1.807, 2.05) is 12.4 Å². The number of hydrogen-bond acceptors (Lipinski definition) is 3. The van der Waals surface area contributed by atoms with Crippen molar-refractivity contribution in [3.8, 4) is 0 Å². The Morgan fingerprint density at radius 3 is 2.63 bits per heavy atom. The van der Waals surface area contributed by atoms with Crippen LogP contribution in [0.1, 0.15) is 57.2 Å². The number of aryl methyl sites for hydroxylation is 1. The lowest BCUT2D eigenvalue weighted by Crippen LogP contribution is -2.40. The van der Waals surface area contributed by atoms with E-state index in [9.17, 15) is 0 Å². The van der Waals surface area contributed by atoms with E-state index >= 15 is 0 Å². The first-order chi connectivity index (χ1) is 9.15. The average Bonchev–Trinajstić information content (AvgIpc) is 2.44. The van der Waals surface area contributed by atoms with E-state index in [1.165, 1.54) is 24.0 Å². The van der Waals surface area contributed by atoms with Crippen LogP contribution in [0.2, 0.25) is 0 Å². The van der Waals surface area contributed by atoms with E-state index in [0.29, 0.717) is 12.6 Å². The van der Waals surface area contributed by atoms with Gasteiger partial charge < -0.3 is 5.73 Å². The molecule has 0 bridgehead atoms. The summed E-state index contributed by atoms with van der Waals surface area (Å²) in [7, 11) is 0. The minimum absolute atomic E-state index is 0.287. The predicted molar refractivity (Wildman–Crippen MR) is 82.1 cm³/mol. The Bertz CT molecular complexity index is 365. The Balaban J connectivity index is 2.98. The van der Waals surface area contributed by atoms with Gasteiger partial charge in [0.2, 0.25) is 0 Å². The molecule has 108 valence electrons. The van der Waals surface area contributed by atoms with Gasteiger partial charge in [-0.2, -0.15) is 0 Å². The molecule has 0 aliphatic rings. The number of pyridine rings is 1. The van der Waals surface area contributed by atoms with Crippen molar-refractivity contribution in [1.29, 1.82) is 0 Å². The minimum atomic E-state index is 0.287. The Labute approximate surface area is 118 Å². The van der Waals surface area contributed by atoms with E-state index < -0.39 is 0 Å². The lowest BCUT2D eigenvalue weighted by Gasteiger charge is -2.36. The predicted octanol–water partition coefficient (Wildman–Crippen LogP) is 3.29. The molecule has 1 rings (SSSR count). The summed E-state index contributed by atoms with van der Waals surface area (Å²) in [5, 5.41) is 0. The highest BCUT2D eigenvalue weighted by atomic mass is 15.2. The van der Waals surface area contributed by atoms with E-state index in [4.69, 9.17) is 5.73 Å². The molecule has 2 atom stereocenters. The van der Waals surface area contributed by atoms with Gasteiger partial charge in [0, 0.05) is 31.0 Å². The minimum Gasteiger partial charge on any atom is -0.329 e. The zero-order valence-corrected chi connectivity index (χ0v) is 12.9. The number of nitrogens with two attached hydrogens (primary N) is 1. The molecule has 0 aliphatic heterocycles. The second-order valence-corrected chi connectivity index (χ2v) is 5.33. The van der Waals surface area contributed by atoms with Crippen LogP contribution in [0, 0.1) is 6.92 Å². The summed E-state index contributed by atoms with van der Waals surface area (Å²) in [6.07, 6.45) is 7.43. The summed E-state index contributed by atoms with van der Waals surface area (Å²) in [6.45, 7) is 10.7. The van der Waals surface area contributed by atoms with Crippen molar-refractivity contribution in [2.45, 2.75) is 59.0 Å². The van der Waals surface area contributed by atoms with Crippen molar-refractivity contribution in [3.05, 3.63) is 29.6 Å². The molecule has 1 aromatic heterocycles. The van der Waals surface area contributed by atoms with Crippen LogP contribution < -0.4 is 5.73 Å². The molecule has 1 aromatic rings. The van der Waals surface area contributed by atoms with Crippen molar-refractivity contribution < 1.29 is 0 Å². The van der Waals surface area contributed by atoms with Gasteiger partial charge in [0.1, 0.15) is 0 Å². The van der Waals surface area contributed by atoms with Gasteiger partial charge in [-0.05, 0) is 50.4 Å². The van der Waals surface area contributed by atoms with Crippen LogP contribution in [0.15, 0.2) is 18.5 Å². The summed E-state index contributed by atoms with van der Waals surface area (Å²) in [5.74, 6) is 0. The molecule has 0 radical (unpaired) electrons. The fraction of sp³-hybridized carbons (Fsp3) is 0.688. The van der Waals surface area contributed by atoms with Crippen LogP contribution in [0.25, 0.3) is 0 Å². The van der Waals surface area contributed by atoms with Gasteiger partial charge in [-0.25, -0.2) is 0 Å². The van der Waals surface area contributed by atoms with Gasteiger partial charge in [0.25, 0.3) is 0 Å². The van der Waals surface area contributed by atoms with Gasteiger partial charge in [0.15, 0.2) is 0 Å². The molecule has 0 aliphatic carbocycles. The van der Waals surface area contributed by atoms with Gasteiger partial charge in [-0.15, -0.1) is 0 Å². The summed E-state index contributed by atoms with van der Waals surface area (Å²) < 4.78 is 0. The smallest absolute Gasteiger partial charge is 0.0491 e. The largest absolute Gasteiger partial charge is 0.329 e. The van der Waals surface area contributed by atoms with Crippen molar-refractivity contribution >= 4 is 0 Å². The normalized spacial score (nSPS) is 14.6. The third-order valence-electron chi connectivity index (χ3n) is 3.99. The van der Waals surface area contributed by atoms with Gasteiger partial charge >= 0.3 is 0 Å². The van der Waals surface area contributed by atoms with Crippen LogP contribution in [0.4, 0.5) is 0 Å². The molecular weight excluding hydrogens is 234 g/mol. The molecule has 0 saturated heterocycles. The van der Waals surface area contributed by atoms with Crippen LogP contribution in [0.3, 0.4) is 0 Å². The molecule has 2 N–H and O–H groups in total. The van der Waals surface area contributed by atoms with Crippen LogP contribution in [0.5, 0.6) is 0 Å². The van der Waals surface area contributed by atoms with E-state index in [-0.39, 0.29) is 6.04 Å². The van der Waals surface area contributed by atoms with Crippen molar-refractivity contribution in [1.82, 2.24) is 9.88 Å². The van der Waals surface area contributed by atoms with Crippen molar-refractivity contribution in [2.24, 2.45) is 5.73 Å². The Morgan fingerprint density at radius 1 is 1.37 bits per heavy atom. The van der Waals surface area contributed by atoms with Gasteiger partial charge in [-0.1, -0.05) is 20.3 Å². The molecule has 2 unspecified atom stereocenters. The molecule has 0 aromatic carbocycles. The third kappa shape index (κ3) is 4.29. The van der Waals surface area contributed by atoms with E-state index in [1.54, 1.807) is 0 Å². The standard InChI is InChI=1S/C16H29N3/c1-5-7-10-19(14(4)6-2)16(11-17)15-12-18-9-8-13(15)3/h8-9,12,14,16H,5-7,10-11,17H2,1-4H3. The topological polar surface area (TPSA) is 42.1 Å². The number of aromatic nitrogens is 1. The molecule has 0 fully saturated rings.